The number of carbonyl (C=O) groups excluding carboxylic acids is 2. The third-order valence-electron chi connectivity index (χ3n) is 6.56. The average Bonchev–Trinajstić information content (AvgIpc) is 3.21. The minimum Gasteiger partial charge on any atom is -0.464 e. The van der Waals surface area contributed by atoms with Crippen molar-refractivity contribution in [3.8, 4) is 5.75 Å². The number of carbonyl (C=O) groups is 2. The maximum absolute atomic E-state index is 13.8. The van der Waals surface area contributed by atoms with Crippen molar-refractivity contribution in [3.05, 3.63) is 60.4 Å². The molecule has 6 atom stereocenters. The monoisotopic (exact) mass is 565 g/mol. The second-order valence-electron chi connectivity index (χ2n) is 9.50. The highest BCUT2D eigenvalue weighted by Crippen LogP contribution is 2.45. The van der Waals surface area contributed by atoms with Gasteiger partial charge in [-0.05, 0) is 38.0 Å². The van der Waals surface area contributed by atoms with Gasteiger partial charge in [-0.25, -0.2) is 4.57 Å². The molecule has 2 heterocycles. The molecule has 1 aliphatic heterocycles. The van der Waals surface area contributed by atoms with Crippen LogP contribution in [-0.4, -0.2) is 59.5 Å². The highest BCUT2D eigenvalue weighted by Gasteiger charge is 2.49. The van der Waals surface area contributed by atoms with E-state index in [2.05, 4.69) is 5.09 Å². The van der Waals surface area contributed by atoms with Gasteiger partial charge in [-0.2, -0.15) is 9.65 Å². The van der Waals surface area contributed by atoms with E-state index in [9.17, 15) is 24.4 Å². The molecule has 12 heteroatoms. The molecule has 1 saturated heterocycles. The van der Waals surface area contributed by atoms with E-state index in [0.717, 1.165) is 12.8 Å². The van der Waals surface area contributed by atoms with Gasteiger partial charge >= 0.3 is 13.7 Å². The predicted molar refractivity (Wildman–Crippen MR) is 141 cm³/mol. The van der Waals surface area contributed by atoms with Crippen molar-refractivity contribution in [2.75, 3.05) is 13.2 Å². The Bertz CT molecular complexity index is 1150. The van der Waals surface area contributed by atoms with Crippen LogP contribution < -0.4 is 14.2 Å². The number of aliphatic hydroxyl groups is 2. The van der Waals surface area contributed by atoms with E-state index in [-0.39, 0.29) is 24.1 Å². The molecule has 3 rings (SSSR count). The topological polar surface area (TPSA) is 144 Å². The number of ether oxygens (including phenoxy) is 2. The summed E-state index contributed by atoms with van der Waals surface area (Å²) < 4.78 is 37.7. The Hall–Kier alpha value is -2.66. The van der Waals surface area contributed by atoms with Crippen LogP contribution in [0.4, 0.5) is 0 Å². The van der Waals surface area contributed by atoms with Crippen molar-refractivity contribution in [1.82, 2.24) is 5.09 Å². The SMILES string of the molecule is CCC(CC)COC(=O)[C@H](C)NP(=O)(OC[C@H]1O[C@@H]([n+]2cccc(C(C)=O)c2)[C@@H](O)C1O)Oc1ccccc1. The van der Waals surface area contributed by atoms with Crippen LogP contribution in [0.25, 0.3) is 0 Å². The number of benzene rings is 1. The first-order chi connectivity index (χ1) is 18.6. The van der Waals surface area contributed by atoms with Crippen LogP contribution in [0.2, 0.25) is 0 Å². The standard InChI is InChI=1S/C27H38N2O9P/c1-5-20(6-2)16-35-27(33)18(3)28-39(34,38-22-12-8-7-9-13-22)36-17-23-24(31)25(32)26(37-23)29-14-10-11-21(15-29)19(4)30/h7-15,18,20,23-26,31-32H,5-6,16-17H2,1-4H3,(H,28,34)/q+1/t18-,23+,24?,25-,26+,39?/m0/s1. The molecule has 2 aromatic rings. The second-order valence-corrected chi connectivity index (χ2v) is 11.2. The average molecular weight is 566 g/mol. The van der Waals surface area contributed by atoms with Crippen molar-refractivity contribution >= 4 is 19.5 Å². The molecule has 11 nitrogen and oxygen atoms in total. The summed E-state index contributed by atoms with van der Waals surface area (Å²) in [6, 6.07) is 10.5. The first-order valence-electron chi connectivity index (χ1n) is 13.0. The molecule has 2 unspecified atom stereocenters. The lowest BCUT2D eigenvalue weighted by Crippen LogP contribution is -2.46. The fraction of sp³-hybridized carbons (Fsp3) is 0.519. The Balaban J connectivity index is 1.71. The Morgan fingerprint density at radius 2 is 1.79 bits per heavy atom. The number of pyridine rings is 1. The van der Waals surface area contributed by atoms with Crippen LogP contribution in [0, 0.1) is 5.92 Å². The van der Waals surface area contributed by atoms with Crippen LogP contribution in [0.15, 0.2) is 54.9 Å². The van der Waals surface area contributed by atoms with Gasteiger partial charge < -0.3 is 24.2 Å². The molecule has 1 aromatic carbocycles. The molecule has 214 valence electrons. The van der Waals surface area contributed by atoms with Crippen LogP contribution in [0.1, 0.15) is 57.1 Å². The first kappa shape index (κ1) is 30.9. The summed E-state index contributed by atoms with van der Waals surface area (Å²) in [7, 11) is -4.20. The summed E-state index contributed by atoms with van der Waals surface area (Å²) in [5.41, 5.74) is 0.400. The minimum atomic E-state index is -4.20. The van der Waals surface area contributed by atoms with E-state index in [1.54, 1.807) is 48.7 Å². The van der Waals surface area contributed by atoms with Crippen molar-refractivity contribution in [1.29, 1.82) is 0 Å². The number of esters is 1. The van der Waals surface area contributed by atoms with E-state index in [0.29, 0.717) is 5.56 Å². The number of rotatable bonds is 14. The fourth-order valence-corrected chi connectivity index (χ4v) is 5.50. The first-order valence-corrected chi connectivity index (χ1v) is 14.6. The smallest absolute Gasteiger partial charge is 0.459 e. The number of para-hydroxylation sites is 1. The van der Waals surface area contributed by atoms with E-state index in [1.807, 2.05) is 13.8 Å². The quantitative estimate of drug-likeness (QED) is 0.135. The molecular formula is C27H38N2O9P+. The molecule has 0 amide bonds. The van der Waals surface area contributed by atoms with Gasteiger partial charge in [0.2, 0.25) is 0 Å². The molecular weight excluding hydrogens is 527 g/mol. The van der Waals surface area contributed by atoms with Crippen molar-refractivity contribution in [3.63, 3.8) is 0 Å². The third kappa shape index (κ3) is 8.41. The van der Waals surface area contributed by atoms with Gasteiger partial charge in [0, 0.05) is 6.07 Å². The Labute approximate surface area is 228 Å². The molecule has 0 aliphatic carbocycles. The van der Waals surface area contributed by atoms with Crippen molar-refractivity contribution in [2.45, 2.75) is 71.1 Å². The summed E-state index contributed by atoms with van der Waals surface area (Å²) in [5.74, 6) is -0.334. The van der Waals surface area contributed by atoms with E-state index in [1.165, 1.54) is 24.6 Å². The molecule has 0 radical (unpaired) electrons. The van der Waals surface area contributed by atoms with E-state index >= 15 is 0 Å². The summed E-state index contributed by atoms with van der Waals surface area (Å²) in [5, 5.41) is 23.9. The van der Waals surface area contributed by atoms with Gasteiger partial charge in [0.05, 0.1) is 18.8 Å². The number of hydrogen-bond acceptors (Lipinski definition) is 9. The number of aliphatic hydroxyl groups excluding tert-OH is 2. The number of nitrogens with one attached hydrogen (secondary N) is 1. The number of ketones is 1. The van der Waals surface area contributed by atoms with Crippen molar-refractivity contribution in [2.24, 2.45) is 5.92 Å². The lowest BCUT2D eigenvalue weighted by atomic mass is 10.1. The minimum absolute atomic E-state index is 0.171. The molecule has 3 N–H and O–H groups in total. The number of aromatic nitrogens is 1. The third-order valence-corrected chi connectivity index (χ3v) is 8.20. The largest absolute Gasteiger partial charge is 0.464 e. The van der Waals surface area contributed by atoms with Crippen LogP contribution in [0.5, 0.6) is 5.75 Å². The van der Waals surface area contributed by atoms with E-state index in [4.69, 9.17) is 18.5 Å². The highest BCUT2D eigenvalue weighted by atomic mass is 31.2. The molecule has 0 bridgehead atoms. The van der Waals surface area contributed by atoms with Gasteiger partial charge in [0.1, 0.15) is 24.0 Å². The van der Waals surface area contributed by atoms with Crippen LogP contribution >= 0.6 is 7.75 Å². The van der Waals surface area contributed by atoms with Gasteiger partial charge in [-0.1, -0.05) is 44.9 Å². The van der Waals surface area contributed by atoms with Gasteiger partial charge in [0.25, 0.3) is 6.23 Å². The Morgan fingerprint density at radius 1 is 1.10 bits per heavy atom. The summed E-state index contributed by atoms with van der Waals surface area (Å²) in [6.07, 6.45) is -0.0406. The Morgan fingerprint density at radius 3 is 2.44 bits per heavy atom. The van der Waals surface area contributed by atoms with Crippen LogP contribution in [0.3, 0.4) is 0 Å². The molecule has 1 aromatic heterocycles. The van der Waals surface area contributed by atoms with Crippen LogP contribution in [-0.2, 0) is 23.4 Å². The number of Topliss-reactive ketones (excluding diaryl/α,β-unsaturated/α-hetero) is 1. The molecule has 39 heavy (non-hydrogen) atoms. The summed E-state index contributed by atoms with van der Waals surface area (Å²) in [6.45, 7) is 6.73. The van der Waals surface area contributed by atoms with E-state index < -0.39 is 50.9 Å². The summed E-state index contributed by atoms with van der Waals surface area (Å²) in [4.78, 5) is 24.4. The Kier molecular flexibility index (Phi) is 11.2. The fourth-order valence-electron chi connectivity index (χ4n) is 3.99. The zero-order valence-electron chi connectivity index (χ0n) is 22.6. The predicted octanol–water partition coefficient (Wildman–Crippen LogP) is 2.96. The molecule has 1 aliphatic rings. The number of hydrogen-bond donors (Lipinski definition) is 3. The van der Waals surface area contributed by atoms with Gasteiger partial charge in [-0.15, -0.1) is 0 Å². The maximum Gasteiger partial charge on any atom is 0.459 e. The number of nitrogens with zero attached hydrogens (tertiary/aromatic N) is 1. The lowest BCUT2D eigenvalue weighted by Gasteiger charge is -2.24. The van der Waals surface area contributed by atoms with Gasteiger partial charge in [-0.3, -0.25) is 14.1 Å². The van der Waals surface area contributed by atoms with Crippen molar-refractivity contribution < 1.29 is 47.5 Å². The highest BCUT2D eigenvalue weighted by molar-refractivity contribution is 7.52. The zero-order valence-corrected chi connectivity index (χ0v) is 23.5. The molecule has 1 fully saturated rings. The summed E-state index contributed by atoms with van der Waals surface area (Å²) >= 11 is 0. The lowest BCUT2D eigenvalue weighted by molar-refractivity contribution is -0.765. The maximum atomic E-state index is 13.8. The normalized spacial score (nSPS) is 23.3. The second kappa shape index (κ2) is 14.1. The van der Waals surface area contributed by atoms with Gasteiger partial charge in [0.15, 0.2) is 24.3 Å². The zero-order chi connectivity index (χ0) is 28.6. The molecule has 0 spiro atoms. The molecule has 0 saturated carbocycles.